The summed E-state index contributed by atoms with van der Waals surface area (Å²) in [7, 11) is 1.50. The van der Waals surface area contributed by atoms with Crippen molar-refractivity contribution in [3.05, 3.63) is 30.1 Å². The molecule has 0 aliphatic rings. The first kappa shape index (κ1) is 14.3. The highest BCUT2D eigenvalue weighted by atomic mass is 19.4. The van der Waals surface area contributed by atoms with Crippen LogP contribution in [0, 0.1) is 0 Å². The zero-order valence-electron chi connectivity index (χ0n) is 9.96. The molecule has 0 spiro atoms. The zero-order valence-corrected chi connectivity index (χ0v) is 9.96. The lowest BCUT2D eigenvalue weighted by Gasteiger charge is -2.12. The van der Waals surface area contributed by atoms with E-state index in [2.05, 4.69) is 20.6 Å². The van der Waals surface area contributed by atoms with E-state index in [-0.39, 0.29) is 6.54 Å². The predicted molar refractivity (Wildman–Crippen MR) is 63.1 cm³/mol. The summed E-state index contributed by atoms with van der Waals surface area (Å²) in [5, 5.41) is 5.47. The third kappa shape index (κ3) is 6.07. The van der Waals surface area contributed by atoms with Gasteiger partial charge >= 0.3 is 6.18 Å². The maximum Gasteiger partial charge on any atom is 0.390 e. The Labute approximate surface area is 103 Å². The van der Waals surface area contributed by atoms with Gasteiger partial charge in [-0.05, 0) is 12.1 Å². The van der Waals surface area contributed by atoms with Crippen LogP contribution in [0.2, 0.25) is 0 Å². The van der Waals surface area contributed by atoms with Gasteiger partial charge in [-0.1, -0.05) is 6.07 Å². The number of hydrogen-bond acceptors (Lipinski definition) is 2. The summed E-state index contributed by atoms with van der Waals surface area (Å²) in [6, 6.07) is 5.44. The van der Waals surface area contributed by atoms with Gasteiger partial charge in [0.25, 0.3) is 0 Å². The Bertz CT molecular complexity index is 376. The molecule has 2 N–H and O–H groups in total. The molecule has 0 unspecified atom stereocenters. The van der Waals surface area contributed by atoms with Gasteiger partial charge < -0.3 is 10.6 Å². The zero-order chi connectivity index (χ0) is 13.4. The van der Waals surface area contributed by atoms with Crippen LogP contribution in [0.3, 0.4) is 0 Å². The summed E-state index contributed by atoms with van der Waals surface area (Å²) in [6.07, 6.45) is -3.40. The van der Waals surface area contributed by atoms with Crippen LogP contribution in [0.4, 0.5) is 13.2 Å². The standard InChI is InChI=1S/C11H15F3N4/c1-15-10(17-7-5-11(12,13)14)18-8-9-4-2-3-6-16-9/h2-4,6H,5,7-8H2,1H3,(H2,15,17,18). The van der Waals surface area contributed by atoms with Crippen molar-refractivity contribution in [2.75, 3.05) is 13.6 Å². The highest BCUT2D eigenvalue weighted by molar-refractivity contribution is 5.79. The fourth-order valence-electron chi connectivity index (χ4n) is 1.22. The fourth-order valence-corrected chi connectivity index (χ4v) is 1.22. The number of aliphatic imine (C=N–C) groups is 1. The van der Waals surface area contributed by atoms with Crippen molar-refractivity contribution in [1.29, 1.82) is 0 Å². The van der Waals surface area contributed by atoms with Gasteiger partial charge in [-0.3, -0.25) is 9.98 Å². The minimum atomic E-state index is -4.16. The third-order valence-electron chi connectivity index (χ3n) is 2.09. The molecular formula is C11H15F3N4. The number of alkyl halides is 3. The second-order valence-corrected chi connectivity index (χ2v) is 3.54. The van der Waals surface area contributed by atoms with Gasteiger partial charge in [-0.15, -0.1) is 0 Å². The summed E-state index contributed by atoms with van der Waals surface area (Å²) in [6.45, 7) is 0.206. The Kier molecular flexibility index (Phi) is 5.41. The number of rotatable bonds is 4. The van der Waals surface area contributed by atoms with E-state index in [0.717, 1.165) is 5.69 Å². The van der Waals surface area contributed by atoms with Crippen LogP contribution in [0.15, 0.2) is 29.4 Å². The van der Waals surface area contributed by atoms with Gasteiger partial charge in [0.15, 0.2) is 5.96 Å². The van der Waals surface area contributed by atoms with E-state index >= 15 is 0 Å². The van der Waals surface area contributed by atoms with Crippen molar-refractivity contribution in [3.63, 3.8) is 0 Å². The monoisotopic (exact) mass is 260 g/mol. The second-order valence-electron chi connectivity index (χ2n) is 3.54. The molecule has 0 atom stereocenters. The molecule has 1 rings (SSSR count). The minimum Gasteiger partial charge on any atom is -0.356 e. The number of pyridine rings is 1. The van der Waals surface area contributed by atoms with Crippen molar-refractivity contribution in [1.82, 2.24) is 15.6 Å². The Balaban J connectivity index is 2.31. The first-order valence-corrected chi connectivity index (χ1v) is 5.42. The van der Waals surface area contributed by atoms with Crippen LogP contribution in [0.25, 0.3) is 0 Å². The van der Waals surface area contributed by atoms with Crippen LogP contribution in [0.1, 0.15) is 12.1 Å². The lowest BCUT2D eigenvalue weighted by Crippen LogP contribution is -2.38. The van der Waals surface area contributed by atoms with Gasteiger partial charge in [-0.25, -0.2) is 0 Å². The fraction of sp³-hybridized carbons (Fsp3) is 0.455. The van der Waals surface area contributed by atoms with Gasteiger partial charge in [-0.2, -0.15) is 13.2 Å². The third-order valence-corrected chi connectivity index (χ3v) is 2.09. The molecule has 0 amide bonds. The van der Waals surface area contributed by atoms with E-state index in [1.807, 2.05) is 12.1 Å². The second kappa shape index (κ2) is 6.83. The molecule has 4 nitrogen and oxygen atoms in total. The number of nitrogens with one attached hydrogen (secondary N) is 2. The van der Waals surface area contributed by atoms with E-state index in [4.69, 9.17) is 0 Å². The Morgan fingerprint density at radius 2 is 2.11 bits per heavy atom. The van der Waals surface area contributed by atoms with E-state index in [0.29, 0.717) is 12.5 Å². The van der Waals surface area contributed by atoms with E-state index in [1.165, 1.54) is 7.05 Å². The normalized spacial score (nSPS) is 12.3. The molecule has 0 aromatic carbocycles. The van der Waals surface area contributed by atoms with Crippen LogP contribution < -0.4 is 10.6 Å². The summed E-state index contributed by atoms with van der Waals surface area (Å²) >= 11 is 0. The Morgan fingerprint density at radius 1 is 1.33 bits per heavy atom. The van der Waals surface area contributed by atoms with E-state index in [1.54, 1.807) is 12.3 Å². The quantitative estimate of drug-likeness (QED) is 0.640. The largest absolute Gasteiger partial charge is 0.390 e. The molecular weight excluding hydrogens is 245 g/mol. The maximum absolute atomic E-state index is 12.0. The van der Waals surface area contributed by atoms with Gasteiger partial charge in [0, 0.05) is 19.8 Å². The smallest absolute Gasteiger partial charge is 0.356 e. The van der Waals surface area contributed by atoms with Crippen LogP contribution in [0.5, 0.6) is 0 Å². The Hall–Kier alpha value is -1.79. The van der Waals surface area contributed by atoms with Gasteiger partial charge in [0.05, 0.1) is 18.7 Å². The van der Waals surface area contributed by atoms with E-state index < -0.39 is 12.6 Å². The first-order chi connectivity index (χ1) is 8.51. The lowest BCUT2D eigenvalue weighted by atomic mass is 10.3. The molecule has 1 aromatic rings. The molecule has 18 heavy (non-hydrogen) atoms. The number of nitrogens with zero attached hydrogens (tertiary/aromatic N) is 2. The molecule has 0 fully saturated rings. The molecule has 1 aromatic heterocycles. The molecule has 0 saturated heterocycles. The van der Waals surface area contributed by atoms with Crippen molar-refractivity contribution in [2.45, 2.75) is 19.1 Å². The molecule has 0 radical (unpaired) electrons. The molecule has 7 heteroatoms. The van der Waals surface area contributed by atoms with E-state index in [9.17, 15) is 13.2 Å². The average Bonchev–Trinajstić information content (AvgIpc) is 2.33. The average molecular weight is 260 g/mol. The summed E-state index contributed by atoms with van der Waals surface area (Å²) in [5.41, 5.74) is 0.788. The number of aromatic nitrogens is 1. The maximum atomic E-state index is 12.0. The van der Waals surface area contributed by atoms with Crippen molar-refractivity contribution in [2.24, 2.45) is 4.99 Å². The molecule has 1 heterocycles. The molecule has 0 aliphatic heterocycles. The SMILES string of the molecule is CN=C(NCCC(F)(F)F)NCc1ccccn1. The molecule has 0 saturated carbocycles. The van der Waals surface area contributed by atoms with Crippen LogP contribution >= 0.6 is 0 Å². The highest BCUT2D eigenvalue weighted by Gasteiger charge is 2.26. The number of hydrogen-bond donors (Lipinski definition) is 2. The van der Waals surface area contributed by atoms with Gasteiger partial charge in [0.1, 0.15) is 0 Å². The highest BCUT2D eigenvalue weighted by Crippen LogP contribution is 2.17. The minimum absolute atomic E-state index is 0.203. The molecule has 0 bridgehead atoms. The van der Waals surface area contributed by atoms with Crippen LogP contribution in [-0.2, 0) is 6.54 Å². The number of guanidine groups is 1. The van der Waals surface area contributed by atoms with Crippen molar-refractivity contribution < 1.29 is 13.2 Å². The van der Waals surface area contributed by atoms with Crippen LogP contribution in [-0.4, -0.2) is 30.7 Å². The summed E-state index contributed by atoms with van der Waals surface area (Å²) in [4.78, 5) is 7.90. The first-order valence-electron chi connectivity index (χ1n) is 5.42. The van der Waals surface area contributed by atoms with Gasteiger partial charge in [0.2, 0.25) is 0 Å². The Morgan fingerprint density at radius 3 is 2.67 bits per heavy atom. The van der Waals surface area contributed by atoms with Crippen molar-refractivity contribution in [3.8, 4) is 0 Å². The molecule has 0 aliphatic carbocycles. The predicted octanol–water partition coefficient (Wildman–Crippen LogP) is 1.70. The number of halogens is 3. The summed E-state index contributed by atoms with van der Waals surface area (Å²) in [5.74, 6) is 0.324. The lowest BCUT2D eigenvalue weighted by molar-refractivity contribution is -0.132. The van der Waals surface area contributed by atoms with Crippen molar-refractivity contribution >= 4 is 5.96 Å². The molecule has 100 valence electrons. The summed E-state index contributed by atoms with van der Waals surface area (Å²) < 4.78 is 35.9. The topological polar surface area (TPSA) is 49.3 Å².